The normalized spacial score (nSPS) is 10.6. The lowest BCUT2D eigenvalue weighted by molar-refractivity contribution is -0.116. The highest BCUT2D eigenvalue weighted by Gasteiger charge is 2.07. The number of nitrogens with one attached hydrogen (secondary N) is 1. The maximum absolute atomic E-state index is 11.9. The summed E-state index contributed by atoms with van der Waals surface area (Å²) in [6.07, 6.45) is 3.31. The molecule has 0 aromatic heterocycles. The first-order valence-electron chi connectivity index (χ1n) is 7.79. The zero-order valence-corrected chi connectivity index (χ0v) is 14.2. The van der Waals surface area contributed by atoms with E-state index >= 15 is 0 Å². The van der Waals surface area contributed by atoms with Gasteiger partial charge in [0, 0.05) is 32.3 Å². The molecule has 24 heavy (non-hydrogen) atoms. The van der Waals surface area contributed by atoms with E-state index in [1.807, 2.05) is 43.3 Å². The number of carbonyl (C=O) groups is 2. The van der Waals surface area contributed by atoms with Crippen molar-refractivity contribution in [2.45, 2.75) is 13.5 Å². The van der Waals surface area contributed by atoms with Crippen LogP contribution in [0.3, 0.4) is 0 Å². The van der Waals surface area contributed by atoms with E-state index in [1.54, 1.807) is 32.3 Å². The van der Waals surface area contributed by atoms with Gasteiger partial charge in [-0.15, -0.1) is 0 Å². The van der Waals surface area contributed by atoms with Crippen LogP contribution >= 0.6 is 0 Å². The van der Waals surface area contributed by atoms with Gasteiger partial charge in [0.15, 0.2) is 0 Å². The van der Waals surface area contributed by atoms with Crippen LogP contribution in [-0.2, 0) is 11.3 Å². The number of benzene rings is 2. The smallest absolute Gasteiger partial charge is 0.253 e. The molecular formula is C20H22N2O2. The SMILES string of the molecule is Cc1ccc(/C=C/C(=O)NCc2ccc(C(=O)N(C)C)cc2)cc1. The van der Waals surface area contributed by atoms with Crippen LogP contribution in [-0.4, -0.2) is 30.8 Å². The standard InChI is InChI=1S/C20H22N2O2/c1-15-4-6-16(7-5-15)10-13-19(23)21-14-17-8-11-18(12-9-17)20(24)22(2)3/h4-13H,14H2,1-3H3,(H,21,23)/b13-10+. The first kappa shape index (κ1) is 17.5. The molecule has 2 aromatic rings. The van der Waals surface area contributed by atoms with Gasteiger partial charge in [-0.3, -0.25) is 9.59 Å². The van der Waals surface area contributed by atoms with E-state index in [0.29, 0.717) is 12.1 Å². The number of aryl methyl sites for hydroxylation is 1. The lowest BCUT2D eigenvalue weighted by Crippen LogP contribution is -2.22. The molecule has 0 radical (unpaired) electrons. The summed E-state index contributed by atoms with van der Waals surface area (Å²) in [7, 11) is 3.44. The zero-order valence-electron chi connectivity index (χ0n) is 14.2. The number of amides is 2. The zero-order chi connectivity index (χ0) is 17.5. The van der Waals surface area contributed by atoms with Gasteiger partial charge in [-0.05, 0) is 36.3 Å². The van der Waals surface area contributed by atoms with Crippen LogP contribution in [0.2, 0.25) is 0 Å². The lowest BCUT2D eigenvalue weighted by Gasteiger charge is -2.10. The summed E-state index contributed by atoms with van der Waals surface area (Å²) in [5.41, 5.74) is 3.76. The van der Waals surface area contributed by atoms with Crippen LogP contribution < -0.4 is 5.32 Å². The summed E-state index contributed by atoms with van der Waals surface area (Å²) in [5, 5.41) is 2.83. The summed E-state index contributed by atoms with van der Waals surface area (Å²) in [6.45, 7) is 2.45. The van der Waals surface area contributed by atoms with Crippen molar-refractivity contribution in [3.63, 3.8) is 0 Å². The van der Waals surface area contributed by atoms with E-state index in [0.717, 1.165) is 11.1 Å². The molecule has 0 unspecified atom stereocenters. The van der Waals surface area contributed by atoms with Crippen LogP contribution in [0.5, 0.6) is 0 Å². The Morgan fingerprint density at radius 3 is 2.21 bits per heavy atom. The predicted octanol–water partition coefficient (Wildman–Crippen LogP) is 3.03. The molecule has 0 aliphatic heterocycles. The summed E-state index contributed by atoms with van der Waals surface area (Å²) < 4.78 is 0. The molecule has 0 saturated heterocycles. The van der Waals surface area contributed by atoms with Gasteiger partial charge in [-0.25, -0.2) is 0 Å². The van der Waals surface area contributed by atoms with Gasteiger partial charge in [0.2, 0.25) is 5.91 Å². The molecule has 1 N–H and O–H groups in total. The van der Waals surface area contributed by atoms with E-state index in [-0.39, 0.29) is 11.8 Å². The fourth-order valence-corrected chi connectivity index (χ4v) is 2.12. The Labute approximate surface area is 142 Å². The van der Waals surface area contributed by atoms with Crippen molar-refractivity contribution >= 4 is 17.9 Å². The van der Waals surface area contributed by atoms with E-state index in [2.05, 4.69) is 5.32 Å². The van der Waals surface area contributed by atoms with E-state index in [1.165, 1.54) is 16.5 Å². The Morgan fingerprint density at radius 2 is 1.62 bits per heavy atom. The van der Waals surface area contributed by atoms with Crippen LogP contribution in [0.25, 0.3) is 6.08 Å². The molecule has 0 saturated carbocycles. The van der Waals surface area contributed by atoms with Crippen LogP contribution in [0.4, 0.5) is 0 Å². The Hall–Kier alpha value is -2.88. The molecule has 0 heterocycles. The molecule has 0 aliphatic rings. The molecule has 0 aliphatic carbocycles. The second-order valence-corrected chi connectivity index (χ2v) is 5.86. The number of hydrogen-bond acceptors (Lipinski definition) is 2. The van der Waals surface area contributed by atoms with E-state index < -0.39 is 0 Å². The number of rotatable bonds is 5. The number of carbonyl (C=O) groups excluding carboxylic acids is 2. The van der Waals surface area contributed by atoms with Crippen molar-refractivity contribution in [2.75, 3.05) is 14.1 Å². The number of hydrogen-bond donors (Lipinski definition) is 1. The average Bonchev–Trinajstić information content (AvgIpc) is 2.59. The summed E-state index contributed by atoms with van der Waals surface area (Å²) in [6, 6.07) is 15.2. The molecule has 2 aromatic carbocycles. The van der Waals surface area contributed by atoms with Crippen LogP contribution in [0, 0.1) is 6.92 Å². The molecule has 0 atom stereocenters. The van der Waals surface area contributed by atoms with E-state index in [4.69, 9.17) is 0 Å². The maximum Gasteiger partial charge on any atom is 0.253 e. The quantitative estimate of drug-likeness (QED) is 0.860. The van der Waals surface area contributed by atoms with Crippen LogP contribution in [0.1, 0.15) is 27.0 Å². The molecule has 4 nitrogen and oxygen atoms in total. The highest BCUT2D eigenvalue weighted by Crippen LogP contribution is 2.07. The summed E-state index contributed by atoms with van der Waals surface area (Å²) in [5.74, 6) is -0.185. The van der Waals surface area contributed by atoms with Gasteiger partial charge >= 0.3 is 0 Å². The first-order chi connectivity index (χ1) is 11.5. The van der Waals surface area contributed by atoms with Crippen molar-refractivity contribution in [1.29, 1.82) is 0 Å². The van der Waals surface area contributed by atoms with Gasteiger partial charge in [-0.1, -0.05) is 42.0 Å². The minimum absolute atomic E-state index is 0.0355. The highest BCUT2D eigenvalue weighted by molar-refractivity contribution is 5.94. The third kappa shape index (κ3) is 5.09. The maximum atomic E-state index is 11.9. The van der Waals surface area contributed by atoms with Crippen LogP contribution in [0.15, 0.2) is 54.6 Å². The van der Waals surface area contributed by atoms with E-state index in [9.17, 15) is 9.59 Å². The molecular weight excluding hydrogens is 300 g/mol. The van der Waals surface area contributed by atoms with Crippen molar-refractivity contribution in [3.05, 3.63) is 76.9 Å². The minimum atomic E-state index is -0.149. The number of nitrogens with zero attached hydrogens (tertiary/aromatic N) is 1. The Morgan fingerprint density at radius 1 is 1.00 bits per heavy atom. The van der Waals surface area contributed by atoms with Crippen molar-refractivity contribution in [1.82, 2.24) is 10.2 Å². The van der Waals surface area contributed by atoms with Gasteiger partial charge < -0.3 is 10.2 Å². The predicted molar refractivity (Wildman–Crippen MR) is 96.5 cm³/mol. The molecule has 2 rings (SSSR count). The Balaban J connectivity index is 1.87. The fraction of sp³-hybridized carbons (Fsp3) is 0.200. The topological polar surface area (TPSA) is 49.4 Å². The molecule has 2 amide bonds. The second-order valence-electron chi connectivity index (χ2n) is 5.86. The van der Waals surface area contributed by atoms with Crippen molar-refractivity contribution < 1.29 is 9.59 Å². The van der Waals surface area contributed by atoms with Crippen molar-refractivity contribution in [3.8, 4) is 0 Å². The largest absolute Gasteiger partial charge is 0.348 e. The molecule has 0 spiro atoms. The second kappa shape index (κ2) is 8.11. The minimum Gasteiger partial charge on any atom is -0.348 e. The average molecular weight is 322 g/mol. The van der Waals surface area contributed by atoms with Gasteiger partial charge in [0.1, 0.15) is 0 Å². The molecule has 124 valence electrons. The summed E-state index contributed by atoms with van der Waals surface area (Å²) >= 11 is 0. The molecule has 0 bridgehead atoms. The fourth-order valence-electron chi connectivity index (χ4n) is 2.12. The van der Waals surface area contributed by atoms with Gasteiger partial charge in [-0.2, -0.15) is 0 Å². The van der Waals surface area contributed by atoms with Crippen molar-refractivity contribution in [2.24, 2.45) is 0 Å². The first-order valence-corrected chi connectivity index (χ1v) is 7.79. The highest BCUT2D eigenvalue weighted by atomic mass is 16.2. The Bertz CT molecular complexity index is 729. The Kier molecular flexibility index (Phi) is 5.90. The van der Waals surface area contributed by atoms with Gasteiger partial charge in [0.05, 0.1) is 0 Å². The molecule has 4 heteroatoms. The summed E-state index contributed by atoms with van der Waals surface area (Å²) in [4.78, 5) is 25.2. The van der Waals surface area contributed by atoms with Gasteiger partial charge in [0.25, 0.3) is 5.91 Å². The monoisotopic (exact) mass is 322 g/mol. The lowest BCUT2D eigenvalue weighted by atomic mass is 10.1. The third-order valence-corrected chi connectivity index (χ3v) is 3.58. The molecule has 0 fully saturated rings. The third-order valence-electron chi connectivity index (χ3n) is 3.58.